The lowest BCUT2D eigenvalue weighted by Crippen LogP contribution is -2.25. The van der Waals surface area contributed by atoms with Gasteiger partial charge in [0.2, 0.25) is 8.32 Å². The second-order valence-electron chi connectivity index (χ2n) is 4.37. The summed E-state index contributed by atoms with van der Waals surface area (Å²) in [6.45, 7) is 10.2. The molecule has 0 bridgehead atoms. The van der Waals surface area contributed by atoms with E-state index in [1.165, 1.54) is 0 Å². The van der Waals surface area contributed by atoms with Crippen LogP contribution in [0, 0.1) is 0 Å². The minimum absolute atomic E-state index is 0.831. The van der Waals surface area contributed by atoms with Crippen LogP contribution in [0.1, 0.15) is 6.42 Å². The van der Waals surface area contributed by atoms with Crippen LogP contribution in [-0.2, 0) is 4.43 Å². The normalized spacial score (nSPS) is 12.6. The number of aromatic nitrogens is 1. The smallest absolute Gasteiger partial charge is 0.244 e. The van der Waals surface area contributed by atoms with Crippen LogP contribution in [0.2, 0.25) is 19.6 Å². The summed E-state index contributed by atoms with van der Waals surface area (Å²) < 4.78 is 8.00. The molecule has 0 atom stereocenters. The van der Waals surface area contributed by atoms with E-state index in [9.17, 15) is 0 Å². The lowest BCUT2D eigenvalue weighted by atomic mass is 10.4. The Morgan fingerprint density at radius 1 is 1.33 bits per heavy atom. The summed E-state index contributed by atoms with van der Waals surface area (Å²) in [5.74, 6) is 0.916. The van der Waals surface area contributed by atoms with E-state index in [2.05, 4.69) is 32.3 Å². The van der Waals surface area contributed by atoms with E-state index in [4.69, 9.17) is 4.43 Å². The van der Waals surface area contributed by atoms with Gasteiger partial charge < -0.3 is 4.43 Å². The van der Waals surface area contributed by atoms with E-state index in [0.29, 0.717) is 0 Å². The van der Waals surface area contributed by atoms with Gasteiger partial charge in [-0.2, -0.15) is 0 Å². The lowest BCUT2D eigenvalue weighted by molar-refractivity contribution is 0.476. The average molecular weight is 221 g/mol. The Morgan fingerprint density at radius 2 is 1.93 bits per heavy atom. The number of allylic oxidation sites excluding steroid dienone is 2. The maximum absolute atomic E-state index is 6.00. The van der Waals surface area contributed by atoms with Gasteiger partial charge in [-0.3, -0.25) is 4.57 Å². The van der Waals surface area contributed by atoms with E-state index in [1.807, 2.05) is 35.2 Å². The van der Waals surface area contributed by atoms with Gasteiger partial charge in [0.1, 0.15) is 0 Å². The molecule has 1 rings (SSSR count). The van der Waals surface area contributed by atoms with Crippen LogP contribution in [0.5, 0.6) is 0 Å². The van der Waals surface area contributed by atoms with E-state index in [0.717, 1.165) is 12.3 Å². The molecule has 0 saturated carbocycles. The maximum Gasteiger partial charge on any atom is 0.244 e. The highest BCUT2D eigenvalue weighted by molar-refractivity contribution is 6.70. The predicted octanol–water partition coefficient (Wildman–Crippen LogP) is 3.71. The number of hydrogen-bond acceptors (Lipinski definition) is 1. The van der Waals surface area contributed by atoms with Crippen LogP contribution in [0.3, 0.4) is 0 Å². The molecule has 0 N–H and O–H groups in total. The summed E-state index contributed by atoms with van der Waals surface area (Å²) >= 11 is 0. The molecule has 0 radical (unpaired) electrons. The molecule has 3 heteroatoms. The first-order chi connectivity index (χ1) is 7.03. The first kappa shape index (κ1) is 11.8. The van der Waals surface area contributed by atoms with Crippen molar-refractivity contribution >= 4 is 14.2 Å². The van der Waals surface area contributed by atoms with Crippen molar-refractivity contribution in [2.24, 2.45) is 0 Å². The molecule has 2 nitrogen and oxygen atoms in total. The quantitative estimate of drug-likeness (QED) is 0.420. The molecule has 0 aliphatic carbocycles. The standard InChI is InChI=1S/C12H19NOSi/c1-5-6-9-12(14-15(2,3)4)13-10-7-8-11-13/h5,7-11H,1,6H2,2-4H3/b12-9+. The van der Waals surface area contributed by atoms with Crippen molar-refractivity contribution in [1.29, 1.82) is 0 Å². The van der Waals surface area contributed by atoms with Gasteiger partial charge in [-0.1, -0.05) is 6.08 Å². The molecule has 15 heavy (non-hydrogen) atoms. The Hall–Kier alpha value is -1.22. The first-order valence-corrected chi connectivity index (χ1v) is 8.57. The van der Waals surface area contributed by atoms with Gasteiger partial charge in [-0.15, -0.1) is 6.58 Å². The fourth-order valence-corrected chi connectivity index (χ4v) is 2.00. The summed E-state index contributed by atoms with van der Waals surface area (Å²) in [5, 5.41) is 0. The van der Waals surface area contributed by atoms with Crippen LogP contribution in [-0.4, -0.2) is 12.9 Å². The third-order valence-corrected chi connectivity index (χ3v) is 2.55. The molecule has 0 amide bonds. The summed E-state index contributed by atoms with van der Waals surface area (Å²) in [4.78, 5) is 0. The Morgan fingerprint density at radius 3 is 2.40 bits per heavy atom. The van der Waals surface area contributed by atoms with Crippen molar-refractivity contribution in [3.05, 3.63) is 43.3 Å². The van der Waals surface area contributed by atoms with E-state index in [1.54, 1.807) is 0 Å². The molecule has 0 fully saturated rings. The Bertz CT molecular complexity index is 333. The van der Waals surface area contributed by atoms with Crippen molar-refractivity contribution in [3.8, 4) is 0 Å². The third kappa shape index (κ3) is 4.21. The molecule has 0 aliphatic heterocycles. The highest BCUT2D eigenvalue weighted by Crippen LogP contribution is 2.15. The van der Waals surface area contributed by atoms with Gasteiger partial charge in [0.25, 0.3) is 0 Å². The molecule has 1 aromatic rings. The van der Waals surface area contributed by atoms with Crippen molar-refractivity contribution in [2.45, 2.75) is 26.1 Å². The van der Waals surface area contributed by atoms with Crippen LogP contribution in [0.25, 0.3) is 5.88 Å². The predicted molar refractivity (Wildman–Crippen MR) is 68.0 cm³/mol. The van der Waals surface area contributed by atoms with E-state index in [-0.39, 0.29) is 0 Å². The molecule has 0 aromatic carbocycles. The van der Waals surface area contributed by atoms with Gasteiger partial charge in [0, 0.05) is 12.4 Å². The molecular formula is C12H19NOSi. The zero-order chi connectivity index (χ0) is 11.3. The second kappa shape index (κ2) is 5.03. The highest BCUT2D eigenvalue weighted by atomic mass is 28.4. The Labute approximate surface area is 93.0 Å². The van der Waals surface area contributed by atoms with Gasteiger partial charge >= 0.3 is 0 Å². The van der Waals surface area contributed by atoms with Gasteiger partial charge in [0.05, 0.1) is 0 Å². The zero-order valence-electron chi connectivity index (χ0n) is 9.73. The molecule has 0 saturated heterocycles. The second-order valence-corrected chi connectivity index (χ2v) is 8.80. The summed E-state index contributed by atoms with van der Waals surface area (Å²) in [5.41, 5.74) is 0. The number of hydrogen-bond donors (Lipinski definition) is 0. The largest absolute Gasteiger partial charge is 0.533 e. The van der Waals surface area contributed by atoms with Gasteiger partial charge in [-0.25, -0.2) is 0 Å². The SMILES string of the molecule is C=CC/C=C(/O[Si](C)(C)C)n1cccc1. The van der Waals surface area contributed by atoms with Crippen LogP contribution >= 0.6 is 0 Å². The van der Waals surface area contributed by atoms with Crippen LogP contribution < -0.4 is 0 Å². The fraction of sp³-hybridized carbons (Fsp3) is 0.333. The number of rotatable bonds is 5. The topological polar surface area (TPSA) is 14.2 Å². The molecule has 1 aromatic heterocycles. The highest BCUT2D eigenvalue weighted by Gasteiger charge is 2.17. The molecule has 0 aliphatic rings. The van der Waals surface area contributed by atoms with Gasteiger partial charge in [0.15, 0.2) is 5.88 Å². The lowest BCUT2D eigenvalue weighted by Gasteiger charge is -2.22. The van der Waals surface area contributed by atoms with Crippen molar-refractivity contribution in [3.63, 3.8) is 0 Å². The van der Waals surface area contributed by atoms with E-state index >= 15 is 0 Å². The molecule has 0 unspecified atom stereocenters. The number of nitrogens with zero attached hydrogens (tertiary/aromatic N) is 1. The summed E-state index contributed by atoms with van der Waals surface area (Å²) in [7, 11) is -1.55. The third-order valence-electron chi connectivity index (χ3n) is 1.73. The molecule has 0 spiro atoms. The van der Waals surface area contributed by atoms with Crippen molar-refractivity contribution in [1.82, 2.24) is 4.57 Å². The summed E-state index contributed by atoms with van der Waals surface area (Å²) in [6, 6.07) is 3.99. The van der Waals surface area contributed by atoms with Crippen LogP contribution in [0.15, 0.2) is 43.3 Å². The fourth-order valence-electron chi connectivity index (χ4n) is 1.18. The summed E-state index contributed by atoms with van der Waals surface area (Å²) in [6.07, 6.45) is 8.75. The maximum atomic E-state index is 6.00. The Kier molecular flexibility index (Phi) is 3.97. The molecule has 1 heterocycles. The first-order valence-electron chi connectivity index (χ1n) is 5.16. The van der Waals surface area contributed by atoms with Crippen molar-refractivity contribution in [2.75, 3.05) is 0 Å². The van der Waals surface area contributed by atoms with E-state index < -0.39 is 8.32 Å². The van der Waals surface area contributed by atoms with Crippen molar-refractivity contribution < 1.29 is 4.43 Å². The Balaban J connectivity index is 2.84. The molecule has 82 valence electrons. The molecular weight excluding hydrogens is 202 g/mol. The minimum atomic E-state index is -1.55. The minimum Gasteiger partial charge on any atom is -0.533 e. The van der Waals surface area contributed by atoms with Gasteiger partial charge in [-0.05, 0) is 44.3 Å². The monoisotopic (exact) mass is 221 g/mol. The van der Waals surface area contributed by atoms with Crippen LogP contribution in [0.4, 0.5) is 0 Å². The average Bonchev–Trinajstić information content (AvgIpc) is 2.63. The zero-order valence-corrected chi connectivity index (χ0v) is 10.7.